The summed E-state index contributed by atoms with van der Waals surface area (Å²) in [4.78, 5) is 16.7. The second-order valence-electron chi connectivity index (χ2n) is 5.90. The molecule has 0 fully saturated rings. The molecule has 0 saturated carbocycles. The Morgan fingerprint density at radius 1 is 1.37 bits per heavy atom. The number of anilines is 1. The zero-order valence-electron chi connectivity index (χ0n) is 14.5. The van der Waals surface area contributed by atoms with Crippen LogP contribution in [0.2, 0.25) is 10.2 Å². The molecule has 2 N–H and O–H groups in total. The van der Waals surface area contributed by atoms with E-state index >= 15 is 0 Å². The molecule has 0 aromatic carbocycles. The number of sulfonamides is 1. The summed E-state index contributed by atoms with van der Waals surface area (Å²) in [5.74, 6) is -0.517. The normalized spacial score (nSPS) is 13.9. The van der Waals surface area contributed by atoms with Crippen molar-refractivity contribution in [3.8, 4) is 0 Å². The fourth-order valence-corrected chi connectivity index (χ4v) is 5.03. The Kier molecular flexibility index (Phi) is 5.90. The highest BCUT2D eigenvalue weighted by Crippen LogP contribution is 2.35. The first kappa shape index (κ1) is 19.9. The van der Waals surface area contributed by atoms with Crippen molar-refractivity contribution in [2.45, 2.75) is 31.2 Å². The van der Waals surface area contributed by atoms with Gasteiger partial charge in [0.1, 0.15) is 15.7 Å². The molecule has 3 heterocycles. The van der Waals surface area contributed by atoms with Crippen molar-refractivity contribution in [3.05, 3.63) is 46.0 Å². The molecule has 2 aromatic heterocycles. The standard InChI is InChI=1S/C17H18Cl2N4O3S/c1-2-21-27(25,26)16-12-6-4-3-5-9-23(12)15(14(16)19)17(24)22-11-7-8-20-13(18)10-11/h4,6-8,10,21H,2-3,5,9H2,1H3,(H,20,22,24). The summed E-state index contributed by atoms with van der Waals surface area (Å²) in [5.41, 5.74) is 0.936. The van der Waals surface area contributed by atoms with Crippen LogP contribution in [0.1, 0.15) is 35.9 Å². The highest BCUT2D eigenvalue weighted by atomic mass is 35.5. The van der Waals surface area contributed by atoms with E-state index in [0.717, 1.165) is 12.8 Å². The molecule has 0 radical (unpaired) electrons. The quantitative estimate of drug-likeness (QED) is 0.711. The number of amides is 1. The summed E-state index contributed by atoms with van der Waals surface area (Å²) in [6.45, 7) is 2.37. The van der Waals surface area contributed by atoms with Gasteiger partial charge in [-0.05, 0) is 31.1 Å². The Morgan fingerprint density at radius 2 is 2.15 bits per heavy atom. The maximum absolute atomic E-state index is 12.9. The summed E-state index contributed by atoms with van der Waals surface area (Å²) >= 11 is 12.3. The van der Waals surface area contributed by atoms with Gasteiger partial charge in [-0.1, -0.05) is 36.2 Å². The van der Waals surface area contributed by atoms with Crippen LogP contribution in [0.4, 0.5) is 5.69 Å². The molecule has 0 spiro atoms. The van der Waals surface area contributed by atoms with E-state index in [1.807, 2.05) is 6.08 Å². The number of carbonyl (C=O) groups excluding carboxylic acids is 1. The molecule has 0 atom stereocenters. The van der Waals surface area contributed by atoms with E-state index in [-0.39, 0.29) is 27.3 Å². The van der Waals surface area contributed by atoms with E-state index in [9.17, 15) is 13.2 Å². The SMILES string of the molecule is CCNS(=O)(=O)c1c(Cl)c(C(=O)Nc2ccnc(Cl)c2)n2c1C=CCCC2. The molecule has 0 saturated heterocycles. The highest BCUT2D eigenvalue weighted by molar-refractivity contribution is 7.89. The van der Waals surface area contributed by atoms with Crippen molar-refractivity contribution in [1.82, 2.24) is 14.3 Å². The molecule has 1 aliphatic heterocycles. The average Bonchev–Trinajstić information content (AvgIpc) is 2.72. The van der Waals surface area contributed by atoms with Crippen LogP contribution in [-0.4, -0.2) is 30.4 Å². The number of hydrogen-bond acceptors (Lipinski definition) is 4. The predicted octanol–water partition coefficient (Wildman–Crippen LogP) is 3.55. The van der Waals surface area contributed by atoms with Crippen LogP contribution >= 0.6 is 23.2 Å². The Morgan fingerprint density at radius 3 is 2.85 bits per heavy atom. The first-order valence-electron chi connectivity index (χ1n) is 8.36. The molecule has 144 valence electrons. The van der Waals surface area contributed by atoms with Crippen molar-refractivity contribution in [1.29, 1.82) is 0 Å². The fraction of sp³-hybridized carbons (Fsp3) is 0.294. The maximum Gasteiger partial charge on any atom is 0.273 e. The molecule has 1 aliphatic rings. The van der Waals surface area contributed by atoms with Crippen LogP contribution in [-0.2, 0) is 16.6 Å². The second-order valence-corrected chi connectivity index (χ2v) is 8.36. The van der Waals surface area contributed by atoms with Crippen LogP contribution in [0, 0.1) is 0 Å². The van der Waals surface area contributed by atoms with Gasteiger partial charge in [0, 0.05) is 25.0 Å². The van der Waals surface area contributed by atoms with Crippen molar-refractivity contribution < 1.29 is 13.2 Å². The van der Waals surface area contributed by atoms with Crippen LogP contribution < -0.4 is 10.0 Å². The van der Waals surface area contributed by atoms with E-state index in [1.165, 1.54) is 12.3 Å². The van der Waals surface area contributed by atoms with Crippen molar-refractivity contribution in [3.63, 3.8) is 0 Å². The first-order valence-corrected chi connectivity index (χ1v) is 10.6. The largest absolute Gasteiger partial charge is 0.335 e. The number of allylic oxidation sites excluding steroid dienone is 1. The summed E-state index contributed by atoms with van der Waals surface area (Å²) in [6, 6.07) is 3.08. The Hall–Kier alpha value is -1.87. The van der Waals surface area contributed by atoms with E-state index in [2.05, 4.69) is 15.0 Å². The van der Waals surface area contributed by atoms with Gasteiger partial charge >= 0.3 is 0 Å². The Bertz CT molecular complexity index is 1020. The molecule has 0 unspecified atom stereocenters. The lowest BCUT2D eigenvalue weighted by atomic mass is 10.3. The van der Waals surface area contributed by atoms with Gasteiger partial charge in [-0.25, -0.2) is 18.1 Å². The molecule has 7 nitrogen and oxygen atoms in total. The third kappa shape index (κ3) is 4.03. The molecule has 27 heavy (non-hydrogen) atoms. The molecule has 0 aliphatic carbocycles. The first-order chi connectivity index (χ1) is 12.8. The second kappa shape index (κ2) is 8.02. The number of aromatic nitrogens is 2. The zero-order chi connectivity index (χ0) is 19.6. The number of fused-ring (bicyclic) bond motifs is 1. The Labute approximate surface area is 167 Å². The fourth-order valence-electron chi connectivity index (χ4n) is 2.95. The van der Waals surface area contributed by atoms with E-state index in [0.29, 0.717) is 17.9 Å². The minimum atomic E-state index is -3.86. The topological polar surface area (TPSA) is 93.1 Å². The number of hydrogen-bond donors (Lipinski definition) is 2. The molecule has 3 rings (SSSR count). The number of nitrogens with one attached hydrogen (secondary N) is 2. The van der Waals surface area contributed by atoms with E-state index < -0.39 is 15.9 Å². The van der Waals surface area contributed by atoms with Gasteiger partial charge in [0.15, 0.2) is 0 Å². The summed E-state index contributed by atoms with van der Waals surface area (Å²) < 4.78 is 29.4. The van der Waals surface area contributed by atoms with Crippen molar-refractivity contribution >= 4 is 50.9 Å². The molecule has 1 amide bonds. The van der Waals surface area contributed by atoms with Crippen LogP contribution in [0.5, 0.6) is 0 Å². The monoisotopic (exact) mass is 428 g/mol. The lowest BCUT2D eigenvalue weighted by Crippen LogP contribution is -2.24. The van der Waals surface area contributed by atoms with Gasteiger partial charge in [0.25, 0.3) is 5.91 Å². The lowest BCUT2D eigenvalue weighted by Gasteiger charge is -2.11. The summed E-state index contributed by atoms with van der Waals surface area (Å²) in [6.07, 6.45) is 6.58. The van der Waals surface area contributed by atoms with Crippen LogP contribution in [0.25, 0.3) is 6.08 Å². The van der Waals surface area contributed by atoms with Gasteiger partial charge < -0.3 is 9.88 Å². The number of carbonyl (C=O) groups is 1. The van der Waals surface area contributed by atoms with Gasteiger partial charge in [0.2, 0.25) is 10.0 Å². The third-order valence-electron chi connectivity index (χ3n) is 4.03. The molecule has 0 bridgehead atoms. The molecule has 2 aromatic rings. The zero-order valence-corrected chi connectivity index (χ0v) is 16.8. The van der Waals surface area contributed by atoms with Crippen molar-refractivity contribution in [2.24, 2.45) is 0 Å². The van der Waals surface area contributed by atoms with Crippen LogP contribution in [0.15, 0.2) is 29.3 Å². The number of rotatable bonds is 5. The lowest BCUT2D eigenvalue weighted by molar-refractivity contribution is 0.101. The predicted molar refractivity (Wildman–Crippen MR) is 106 cm³/mol. The van der Waals surface area contributed by atoms with Gasteiger partial charge in [-0.15, -0.1) is 0 Å². The maximum atomic E-state index is 12.9. The third-order valence-corrected chi connectivity index (χ3v) is 6.34. The molecular weight excluding hydrogens is 411 g/mol. The summed E-state index contributed by atoms with van der Waals surface area (Å²) in [7, 11) is -3.86. The number of halogens is 2. The van der Waals surface area contributed by atoms with E-state index in [4.69, 9.17) is 23.2 Å². The van der Waals surface area contributed by atoms with Crippen LogP contribution in [0.3, 0.4) is 0 Å². The summed E-state index contributed by atoms with van der Waals surface area (Å²) in [5, 5.41) is 2.83. The van der Waals surface area contributed by atoms with E-state index in [1.54, 1.807) is 23.6 Å². The van der Waals surface area contributed by atoms with Gasteiger partial charge in [0.05, 0.1) is 10.7 Å². The number of nitrogens with zero attached hydrogens (tertiary/aromatic N) is 2. The highest BCUT2D eigenvalue weighted by Gasteiger charge is 2.32. The van der Waals surface area contributed by atoms with Gasteiger partial charge in [-0.2, -0.15) is 0 Å². The minimum Gasteiger partial charge on any atom is -0.335 e. The van der Waals surface area contributed by atoms with Crippen molar-refractivity contribution in [2.75, 3.05) is 11.9 Å². The Balaban J connectivity index is 2.12. The average molecular weight is 429 g/mol. The molecule has 10 heteroatoms. The molecular formula is C17H18Cl2N4O3S. The minimum absolute atomic E-state index is 0.0814. The smallest absolute Gasteiger partial charge is 0.273 e. The number of pyridine rings is 1. The van der Waals surface area contributed by atoms with Gasteiger partial charge in [-0.3, -0.25) is 4.79 Å².